The van der Waals surface area contributed by atoms with Crippen molar-refractivity contribution < 1.29 is 23.8 Å². The van der Waals surface area contributed by atoms with E-state index in [9.17, 15) is 9.59 Å². The minimum Gasteiger partial charge on any atom is -0.488 e. The molecule has 0 atom stereocenters. The van der Waals surface area contributed by atoms with Crippen LogP contribution in [0.3, 0.4) is 0 Å². The van der Waals surface area contributed by atoms with Gasteiger partial charge in [-0.05, 0) is 24.3 Å². The monoisotopic (exact) mass is 436 g/mol. The van der Waals surface area contributed by atoms with Gasteiger partial charge in [-0.1, -0.05) is 35.3 Å². The van der Waals surface area contributed by atoms with Gasteiger partial charge in [0.15, 0.2) is 11.5 Å². The summed E-state index contributed by atoms with van der Waals surface area (Å²) in [6.45, 7) is 0.992. The Labute approximate surface area is 177 Å². The summed E-state index contributed by atoms with van der Waals surface area (Å²) >= 11 is 12.3. The van der Waals surface area contributed by atoms with Crippen LogP contribution in [-0.2, 0) is 14.3 Å². The number of nitrogens with zero attached hydrogens (tertiary/aromatic N) is 2. The number of carbonyl (C=O) groups excluding carboxylic acids is 2. The normalized spacial score (nSPS) is 15.1. The fourth-order valence-electron chi connectivity index (χ4n) is 3.32. The van der Waals surface area contributed by atoms with E-state index in [-0.39, 0.29) is 25.0 Å². The fraction of sp³-hybridized carbons (Fsp3) is 0.300. The van der Waals surface area contributed by atoms with Gasteiger partial charge in [0, 0.05) is 0 Å². The Morgan fingerprint density at radius 3 is 1.72 bits per heavy atom. The van der Waals surface area contributed by atoms with Crippen LogP contribution in [0.1, 0.15) is 0 Å². The van der Waals surface area contributed by atoms with Crippen LogP contribution < -0.4 is 19.3 Å². The van der Waals surface area contributed by atoms with Gasteiger partial charge in [-0.2, -0.15) is 0 Å². The molecule has 0 spiro atoms. The van der Waals surface area contributed by atoms with Crippen molar-refractivity contribution in [3.05, 3.63) is 46.4 Å². The Balaban J connectivity index is 1.37. The van der Waals surface area contributed by atoms with Gasteiger partial charge in [0.2, 0.25) is 0 Å². The number of benzene rings is 2. The molecule has 0 aliphatic carbocycles. The average Bonchev–Trinajstić information content (AvgIpc) is 2.73. The second kappa shape index (κ2) is 8.49. The van der Waals surface area contributed by atoms with Crippen LogP contribution >= 0.6 is 23.2 Å². The SMILES string of the molecule is O=C(COCC(=O)N1CCOc2c(Cl)cccc21)N1CCOc2c(Cl)cccc21. The van der Waals surface area contributed by atoms with Crippen LogP contribution in [0.15, 0.2) is 36.4 Å². The topological polar surface area (TPSA) is 68.3 Å². The molecule has 0 bridgehead atoms. The van der Waals surface area contributed by atoms with Crippen LogP contribution in [0.4, 0.5) is 11.4 Å². The van der Waals surface area contributed by atoms with E-state index in [0.717, 1.165) is 0 Å². The van der Waals surface area contributed by atoms with Crippen LogP contribution in [-0.4, -0.2) is 51.3 Å². The summed E-state index contributed by atoms with van der Waals surface area (Å²) < 4.78 is 16.5. The maximum atomic E-state index is 12.6. The number of amides is 2. The third kappa shape index (κ3) is 3.99. The van der Waals surface area contributed by atoms with E-state index in [1.165, 1.54) is 0 Å². The van der Waals surface area contributed by atoms with E-state index in [1.54, 1.807) is 46.2 Å². The third-order valence-electron chi connectivity index (χ3n) is 4.65. The second-order valence-electron chi connectivity index (χ2n) is 6.46. The van der Waals surface area contributed by atoms with E-state index >= 15 is 0 Å². The standard InChI is InChI=1S/C20H18Cl2N2O5/c21-13-3-1-5-15-19(13)28-9-7-23(15)17(25)11-27-12-18(26)24-8-10-29-20-14(22)4-2-6-16(20)24/h1-6H,7-12H2. The molecule has 0 aromatic heterocycles. The average molecular weight is 437 g/mol. The smallest absolute Gasteiger partial charge is 0.253 e. The number of hydrogen-bond acceptors (Lipinski definition) is 5. The number of hydrogen-bond donors (Lipinski definition) is 0. The lowest BCUT2D eigenvalue weighted by Gasteiger charge is -2.31. The molecule has 29 heavy (non-hydrogen) atoms. The first kappa shape index (κ1) is 19.8. The van der Waals surface area contributed by atoms with Gasteiger partial charge in [-0.25, -0.2) is 0 Å². The summed E-state index contributed by atoms with van der Waals surface area (Å²) in [4.78, 5) is 28.3. The molecule has 2 aliphatic rings. The van der Waals surface area contributed by atoms with E-state index in [1.807, 2.05) is 0 Å². The molecule has 0 N–H and O–H groups in total. The molecular weight excluding hydrogens is 419 g/mol. The Morgan fingerprint density at radius 1 is 0.828 bits per heavy atom. The molecule has 152 valence electrons. The first-order valence-corrected chi connectivity index (χ1v) is 9.83. The minimum atomic E-state index is -0.268. The summed E-state index contributed by atoms with van der Waals surface area (Å²) in [5.74, 6) is 0.420. The largest absolute Gasteiger partial charge is 0.488 e. The Hall–Kier alpha value is -2.48. The van der Waals surface area contributed by atoms with Crippen molar-refractivity contribution in [2.75, 3.05) is 49.3 Å². The molecule has 2 amide bonds. The predicted molar refractivity (Wildman–Crippen MR) is 109 cm³/mol. The highest BCUT2D eigenvalue weighted by atomic mass is 35.5. The maximum Gasteiger partial charge on any atom is 0.253 e. The molecule has 0 saturated carbocycles. The lowest BCUT2D eigenvalue weighted by atomic mass is 10.2. The lowest BCUT2D eigenvalue weighted by Crippen LogP contribution is -2.42. The first-order valence-electron chi connectivity index (χ1n) is 9.07. The molecule has 4 rings (SSSR count). The molecule has 2 aliphatic heterocycles. The van der Waals surface area contributed by atoms with Crippen molar-refractivity contribution in [2.45, 2.75) is 0 Å². The van der Waals surface area contributed by atoms with Crippen molar-refractivity contribution in [1.29, 1.82) is 0 Å². The van der Waals surface area contributed by atoms with E-state index in [0.29, 0.717) is 59.2 Å². The van der Waals surface area contributed by atoms with Crippen LogP contribution in [0.5, 0.6) is 11.5 Å². The Morgan fingerprint density at radius 2 is 1.28 bits per heavy atom. The van der Waals surface area contributed by atoms with Crippen molar-refractivity contribution >= 4 is 46.4 Å². The summed E-state index contributed by atoms with van der Waals surface area (Å²) in [6.07, 6.45) is 0. The molecule has 2 heterocycles. The molecule has 0 unspecified atom stereocenters. The number of para-hydroxylation sites is 2. The minimum absolute atomic E-state index is 0.232. The highest BCUT2D eigenvalue weighted by Gasteiger charge is 2.27. The van der Waals surface area contributed by atoms with Crippen LogP contribution in [0, 0.1) is 0 Å². The van der Waals surface area contributed by atoms with Gasteiger partial charge in [0.05, 0.1) is 34.5 Å². The molecule has 0 fully saturated rings. The number of rotatable bonds is 4. The third-order valence-corrected chi connectivity index (χ3v) is 5.25. The number of carbonyl (C=O) groups is 2. The predicted octanol–water partition coefficient (Wildman–Crippen LogP) is 3.16. The summed E-state index contributed by atoms with van der Waals surface area (Å²) in [7, 11) is 0. The van der Waals surface area contributed by atoms with Gasteiger partial charge in [0.1, 0.15) is 26.4 Å². The number of fused-ring (bicyclic) bond motifs is 2. The zero-order chi connectivity index (χ0) is 20.4. The summed E-state index contributed by atoms with van der Waals surface area (Å²) in [5, 5.41) is 0.890. The number of anilines is 2. The van der Waals surface area contributed by atoms with Crippen molar-refractivity contribution in [3.63, 3.8) is 0 Å². The molecular formula is C20H18Cl2N2O5. The zero-order valence-corrected chi connectivity index (χ0v) is 16.9. The Kier molecular flexibility index (Phi) is 5.80. The summed E-state index contributed by atoms with van der Waals surface area (Å²) in [5.41, 5.74) is 1.20. The van der Waals surface area contributed by atoms with E-state index in [2.05, 4.69) is 0 Å². The van der Waals surface area contributed by atoms with E-state index in [4.69, 9.17) is 37.4 Å². The lowest BCUT2D eigenvalue weighted by molar-refractivity contribution is -0.128. The second-order valence-corrected chi connectivity index (χ2v) is 7.27. The fourth-order valence-corrected chi connectivity index (χ4v) is 3.77. The molecule has 2 aromatic carbocycles. The van der Waals surface area contributed by atoms with Gasteiger partial charge >= 0.3 is 0 Å². The molecule has 0 saturated heterocycles. The Bertz CT molecular complexity index is 877. The number of ether oxygens (including phenoxy) is 3. The van der Waals surface area contributed by atoms with Gasteiger partial charge in [-0.3, -0.25) is 9.59 Å². The molecule has 7 nitrogen and oxygen atoms in total. The van der Waals surface area contributed by atoms with Gasteiger partial charge in [-0.15, -0.1) is 0 Å². The molecule has 0 radical (unpaired) electrons. The highest BCUT2D eigenvalue weighted by molar-refractivity contribution is 6.33. The molecule has 2 aromatic rings. The van der Waals surface area contributed by atoms with Crippen LogP contribution in [0.2, 0.25) is 10.0 Å². The maximum absolute atomic E-state index is 12.6. The van der Waals surface area contributed by atoms with Crippen molar-refractivity contribution in [3.8, 4) is 11.5 Å². The van der Waals surface area contributed by atoms with Crippen molar-refractivity contribution in [1.82, 2.24) is 0 Å². The van der Waals surface area contributed by atoms with Crippen molar-refractivity contribution in [2.24, 2.45) is 0 Å². The van der Waals surface area contributed by atoms with Gasteiger partial charge in [0.25, 0.3) is 11.8 Å². The first-order chi connectivity index (χ1) is 14.1. The highest BCUT2D eigenvalue weighted by Crippen LogP contribution is 2.38. The van der Waals surface area contributed by atoms with Gasteiger partial charge < -0.3 is 24.0 Å². The van der Waals surface area contributed by atoms with E-state index < -0.39 is 0 Å². The quantitative estimate of drug-likeness (QED) is 0.735. The summed E-state index contributed by atoms with van der Waals surface area (Å²) in [6, 6.07) is 10.4. The zero-order valence-electron chi connectivity index (χ0n) is 15.4. The number of halogens is 2. The van der Waals surface area contributed by atoms with Crippen LogP contribution in [0.25, 0.3) is 0 Å². The molecule has 9 heteroatoms.